The van der Waals surface area contributed by atoms with Crippen LogP contribution >= 0.6 is 0 Å². The number of aromatic nitrogens is 1. The molecule has 1 atom stereocenters. The number of ether oxygens (including phenoxy) is 1. The maximum absolute atomic E-state index is 5.47. The molecular weight excluding hydrogens is 344 g/mol. The molecule has 0 fully saturated rings. The monoisotopic (exact) mass is 370 g/mol. The highest BCUT2D eigenvalue weighted by molar-refractivity contribution is 5.85. The predicted octanol–water partition coefficient (Wildman–Crippen LogP) is 5.55. The zero-order chi connectivity index (χ0) is 19.3. The van der Waals surface area contributed by atoms with Crippen LogP contribution in [-0.2, 0) is 13.1 Å². The van der Waals surface area contributed by atoms with Gasteiger partial charge >= 0.3 is 0 Å². The molecule has 28 heavy (non-hydrogen) atoms. The molecule has 1 heterocycles. The third-order valence-electron chi connectivity index (χ3n) is 5.26. The lowest BCUT2D eigenvalue weighted by molar-refractivity contribution is 0.415. The van der Waals surface area contributed by atoms with Gasteiger partial charge in [-0.2, -0.15) is 0 Å². The van der Waals surface area contributed by atoms with E-state index in [0.29, 0.717) is 6.04 Å². The van der Waals surface area contributed by atoms with E-state index in [0.717, 1.165) is 18.8 Å². The lowest BCUT2D eigenvalue weighted by Crippen LogP contribution is -2.17. The maximum Gasteiger partial charge on any atom is 0.119 e. The first-order valence-electron chi connectivity index (χ1n) is 9.72. The zero-order valence-electron chi connectivity index (χ0n) is 16.4. The first kappa shape index (κ1) is 18.3. The summed E-state index contributed by atoms with van der Waals surface area (Å²) in [7, 11) is 1.72. The van der Waals surface area contributed by atoms with Gasteiger partial charge in [-0.25, -0.2) is 0 Å². The van der Waals surface area contributed by atoms with E-state index in [1.165, 1.54) is 27.6 Å². The number of hydrogen-bond acceptors (Lipinski definition) is 2. The van der Waals surface area contributed by atoms with Gasteiger partial charge in [-0.15, -0.1) is 0 Å². The van der Waals surface area contributed by atoms with Gasteiger partial charge in [-0.3, -0.25) is 0 Å². The van der Waals surface area contributed by atoms with Gasteiger partial charge in [-0.05, 0) is 41.8 Å². The molecule has 4 rings (SSSR count). The van der Waals surface area contributed by atoms with E-state index < -0.39 is 0 Å². The number of methoxy groups -OCH3 is 1. The van der Waals surface area contributed by atoms with E-state index in [1.54, 1.807) is 7.11 Å². The lowest BCUT2D eigenvalue weighted by atomic mass is 10.1. The van der Waals surface area contributed by atoms with Crippen LogP contribution in [0.3, 0.4) is 0 Å². The molecule has 0 aliphatic heterocycles. The molecule has 0 spiro atoms. The summed E-state index contributed by atoms with van der Waals surface area (Å²) in [6, 6.07) is 27.8. The minimum Gasteiger partial charge on any atom is -0.497 e. The van der Waals surface area contributed by atoms with Crippen molar-refractivity contribution in [1.29, 1.82) is 0 Å². The van der Waals surface area contributed by atoms with Crippen LogP contribution in [0.25, 0.3) is 10.9 Å². The lowest BCUT2D eigenvalue weighted by Gasteiger charge is -2.14. The molecule has 0 aliphatic carbocycles. The molecule has 142 valence electrons. The number of rotatable bonds is 7. The van der Waals surface area contributed by atoms with Gasteiger partial charge in [0.15, 0.2) is 0 Å². The SMILES string of the molecule is COc1ccc2c(c1)c(CN[C@@H](C)c1ccccc1)cn2Cc1ccccc1. The summed E-state index contributed by atoms with van der Waals surface area (Å²) in [4.78, 5) is 0. The van der Waals surface area contributed by atoms with E-state index in [9.17, 15) is 0 Å². The van der Waals surface area contributed by atoms with E-state index in [2.05, 4.69) is 95.8 Å². The average molecular weight is 370 g/mol. The van der Waals surface area contributed by atoms with Crippen LogP contribution in [0.1, 0.15) is 29.7 Å². The molecule has 0 aliphatic rings. The molecule has 3 nitrogen and oxygen atoms in total. The van der Waals surface area contributed by atoms with Gasteiger partial charge in [0, 0.05) is 36.2 Å². The minimum absolute atomic E-state index is 0.291. The smallest absolute Gasteiger partial charge is 0.119 e. The van der Waals surface area contributed by atoms with Gasteiger partial charge in [0.05, 0.1) is 7.11 Å². The highest BCUT2D eigenvalue weighted by atomic mass is 16.5. The number of fused-ring (bicyclic) bond motifs is 1. The highest BCUT2D eigenvalue weighted by Crippen LogP contribution is 2.27. The Bertz CT molecular complexity index is 1040. The first-order chi connectivity index (χ1) is 13.7. The summed E-state index contributed by atoms with van der Waals surface area (Å²) in [5.41, 5.74) is 5.11. The van der Waals surface area contributed by atoms with Gasteiger partial charge in [0.1, 0.15) is 5.75 Å². The van der Waals surface area contributed by atoms with E-state index >= 15 is 0 Å². The standard InChI is InChI=1S/C25H26N2O/c1-19(21-11-7-4-8-12-21)26-16-22-18-27(17-20-9-5-3-6-10-20)25-14-13-23(28-2)15-24(22)25/h3-15,18-19,26H,16-17H2,1-2H3/t19-/m0/s1. The Hall–Kier alpha value is -3.04. The molecule has 0 saturated carbocycles. The fourth-order valence-electron chi connectivity index (χ4n) is 3.65. The van der Waals surface area contributed by atoms with Crippen molar-refractivity contribution < 1.29 is 4.74 Å². The highest BCUT2D eigenvalue weighted by Gasteiger charge is 2.12. The topological polar surface area (TPSA) is 26.2 Å². The third-order valence-corrected chi connectivity index (χ3v) is 5.26. The molecule has 0 radical (unpaired) electrons. The van der Waals surface area contributed by atoms with E-state index in [-0.39, 0.29) is 0 Å². The fourth-order valence-corrected chi connectivity index (χ4v) is 3.65. The second kappa shape index (κ2) is 8.32. The van der Waals surface area contributed by atoms with E-state index in [1.807, 2.05) is 6.07 Å². The largest absolute Gasteiger partial charge is 0.497 e. The Labute approximate surface area is 166 Å². The Kier molecular flexibility index (Phi) is 5.45. The third kappa shape index (κ3) is 3.95. The van der Waals surface area contributed by atoms with E-state index in [4.69, 9.17) is 4.74 Å². The van der Waals surface area contributed by atoms with Crippen molar-refractivity contribution in [3.05, 3.63) is 102 Å². The minimum atomic E-state index is 0.291. The van der Waals surface area contributed by atoms with Crippen LogP contribution in [0.5, 0.6) is 5.75 Å². The molecule has 0 bridgehead atoms. The molecule has 0 unspecified atom stereocenters. The summed E-state index contributed by atoms with van der Waals surface area (Å²) < 4.78 is 7.80. The van der Waals surface area contributed by atoms with Crippen molar-refractivity contribution in [2.45, 2.75) is 26.1 Å². The number of nitrogens with one attached hydrogen (secondary N) is 1. The molecule has 0 saturated heterocycles. The van der Waals surface area contributed by atoms with Crippen molar-refractivity contribution in [2.24, 2.45) is 0 Å². The number of benzene rings is 3. The Morgan fingerprint density at radius 2 is 1.64 bits per heavy atom. The molecule has 3 aromatic carbocycles. The Morgan fingerprint density at radius 1 is 0.929 bits per heavy atom. The molecule has 0 amide bonds. The van der Waals surface area contributed by atoms with Gasteiger partial charge < -0.3 is 14.6 Å². The maximum atomic E-state index is 5.47. The second-order valence-electron chi connectivity index (χ2n) is 7.16. The summed E-state index contributed by atoms with van der Waals surface area (Å²) in [5.74, 6) is 0.891. The summed E-state index contributed by atoms with van der Waals surface area (Å²) >= 11 is 0. The zero-order valence-corrected chi connectivity index (χ0v) is 16.4. The van der Waals surface area contributed by atoms with Crippen molar-refractivity contribution in [3.8, 4) is 5.75 Å². The van der Waals surface area contributed by atoms with Crippen LogP contribution in [0.4, 0.5) is 0 Å². The van der Waals surface area contributed by atoms with Crippen molar-refractivity contribution in [3.63, 3.8) is 0 Å². The summed E-state index contributed by atoms with van der Waals surface area (Å²) in [6.45, 7) is 3.87. The molecule has 3 heteroatoms. The first-order valence-corrected chi connectivity index (χ1v) is 9.72. The molecule has 1 aromatic heterocycles. The predicted molar refractivity (Wildman–Crippen MR) is 116 cm³/mol. The second-order valence-corrected chi connectivity index (χ2v) is 7.16. The van der Waals surface area contributed by atoms with Crippen LogP contribution in [-0.4, -0.2) is 11.7 Å². The molecule has 1 N–H and O–H groups in total. The van der Waals surface area contributed by atoms with Gasteiger partial charge in [0.2, 0.25) is 0 Å². The van der Waals surface area contributed by atoms with Crippen LogP contribution in [0.2, 0.25) is 0 Å². The number of hydrogen-bond donors (Lipinski definition) is 1. The van der Waals surface area contributed by atoms with Crippen LogP contribution in [0, 0.1) is 0 Å². The quantitative estimate of drug-likeness (QED) is 0.462. The fraction of sp³-hybridized carbons (Fsp3) is 0.200. The molecule has 4 aromatic rings. The normalized spacial score (nSPS) is 12.2. The number of nitrogens with zero attached hydrogens (tertiary/aromatic N) is 1. The van der Waals surface area contributed by atoms with Gasteiger partial charge in [0.25, 0.3) is 0 Å². The summed E-state index contributed by atoms with van der Waals surface area (Å²) in [5, 5.41) is 4.91. The van der Waals surface area contributed by atoms with Crippen molar-refractivity contribution in [1.82, 2.24) is 9.88 Å². The molecular formula is C25H26N2O. The van der Waals surface area contributed by atoms with Crippen LogP contribution < -0.4 is 10.1 Å². The Morgan fingerprint density at radius 3 is 2.36 bits per heavy atom. The Balaban J connectivity index is 1.63. The van der Waals surface area contributed by atoms with Gasteiger partial charge in [-0.1, -0.05) is 60.7 Å². The van der Waals surface area contributed by atoms with Crippen molar-refractivity contribution >= 4 is 10.9 Å². The van der Waals surface area contributed by atoms with Crippen LogP contribution in [0.15, 0.2) is 85.1 Å². The average Bonchev–Trinajstić information content (AvgIpc) is 3.10. The van der Waals surface area contributed by atoms with Crippen molar-refractivity contribution in [2.75, 3.05) is 7.11 Å². The summed E-state index contributed by atoms with van der Waals surface area (Å²) in [6.07, 6.45) is 2.27.